The topological polar surface area (TPSA) is 251 Å². The number of anilines is 1. The molecule has 4 aliphatic rings. The molecule has 7 rings (SSSR count). The van der Waals surface area contributed by atoms with E-state index in [9.17, 15) is 54.4 Å². The summed E-state index contributed by atoms with van der Waals surface area (Å²) in [5.41, 5.74) is 4.31. The van der Waals surface area contributed by atoms with E-state index in [1.807, 2.05) is 53.1 Å². The summed E-state index contributed by atoms with van der Waals surface area (Å²) in [5.74, 6) is -2.01. The van der Waals surface area contributed by atoms with Gasteiger partial charge < -0.3 is 38.4 Å². The van der Waals surface area contributed by atoms with Gasteiger partial charge in [-0.15, -0.1) is 0 Å². The highest BCUT2D eigenvalue weighted by molar-refractivity contribution is 7.94. The van der Waals surface area contributed by atoms with E-state index in [-0.39, 0.29) is 13.1 Å². The fourth-order valence-electron chi connectivity index (χ4n) is 9.70. The number of fused-ring (bicyclic) bond motifs is 5. The summed E-state index contributed by atoms with van der Waals surface area (Å²) in [5, 5.41) is 32.8. The smallest absolute Gasteiger partial charge is 0.210 e. The number of hydrogen-bond donors (Lipinski definition) is 2. The molecule has 61 heavy (non-hydrogen) atoms. The lowest BCUT2D eigenvalue weighted by atomic mass is 9.68. The van der Waals surface area contributed by atoms with Crippen LogP contribution in [0.1, 0.15) is 61.6 Å². The van der Waals surface area contributed by atoms with E-state index < -0.39 is 69.8 Å². The van der Waals surface area contributed by atoms with Crippen LogP contribution in [0.4, 0.5) is 11.4 Å². The average Bonchev–Trinajstić information content (AvgIpc) is 3.77. The predicted molar refractivity (Wildman–Crippen MR) is 222 cm³/mol. The molecule has 2 heterocycles. The van der Waals surface area contributed by atoms with Gasteiger partial charge in [-0.25, -0.2) is 25.3 Å². The van der Waals surface area contributed by atoms with Crippen molar-refractivity contribution >= 4 is 59.5 Å². The molecule has 19 heteroatoms. The van der Waals surface area contributed by atoms with Crippen LogP contribution in [0.5, 0.6) is 0 Å². The SMILES string of the molecule is O=S(=O)([O-])CC(O)CN1\C(=C/C=C/C=C/C=C2\CCC3(c4ccccc4)C2=[N+](CC(O)CS(=O)(=O)[O-])c2ccc(SO[O-])cc23)C2(CCCCC2)c2cc(S(=O)(=O)[O-])ccc21. The summed E-state index contributed by atoms with van der Waals surface area (Å²) >= 11 is 0.653. The lowest BCUT2D eigenvalue weighted by Gasteiger charge is -2.37. The number of nitrogens with zero attached hydrogens (tertiary/aromatic N) is 2. The minimum atomic E-state index is -4.82. The first-order chi connectivity index (χ1) is 28.9. The number of benzene rings is 3. The number of aliphatic hydroxyl groups is 2. The van der Waals surface area contributed by atoms with Gasteiger partial charge in [-0.05, 0) is 73.2 Å². The van der Waals surface area contributed by atoms with Crippen molar-refractivity contribution in [1.82, 2.24) is 0 Å². The fourth-order valence-corrected chi connectivity index (χ4v) is 11.7. The Morgan fingerprint density at radius 3 is 2.11 bits per heavy atom. The zero-order valence-corrected chi connectivity index (χ0v) is 35.9. The second-order valence-electron chi connectivity index (χ2n) is 15.7. The standard InChI is InChI=1S/C42H46N2O13S4/c45-31(27-59(48,49)50)25-43-37-18-16-34(61(54,55)56)24-35(37)41(20-9-4-10-21-41)39(43)14-8-2-1-5-11-29-19-22-42(30-12-6-3-7-13-30)36-23-33(58-57-47)15-17-38(36)44(40(29)42)26-32(46)28-60(51,52)53/h1-3,5-8,11-18,23-24,31-32,45-46H,4,9-10,19-22,25-28H2,(H3-,47,48,49,50,51,52,53,54,55,56)/p-3. The Balaban J connectivity index is 1.27. The van der Waals surface area contributed by atoms with Gasteiger partial charge in [-0.2, -0.15) is 4.58 Å². The minimum Gasteiger partial charge on any atom is -0.748 e. The first-order valence-corrected chi connectivity index (χ1v) is 24.8. The maximum Gasteiger partial charge on any atom is 0.210 e. The van der Waals surface area contributed by atoms with Gasteiger partial charge in [0.25, 0.3) is 0 Å². The molecular weight excluding hydrogens is 869 g/mol. The first-order valence-electron chi connectivity index (χ1n) is 19.5. The number of rotatable bonds is 15. The van der Waals surface area contributed by atoms with Crippen LogP contribution in [-0.4, -0.2) is 96.2 Å². The second kappa shape index (κ2) is 17.6. The Labute approximate surface area is 359 Å². The molecule has 2 saturated carbocycles. The maximum atomic E-state index is 12.1. The Kier molecular flexibility index (Phi) is 13.0. The van der Waals surface area contributed by atoms with Gasteiger partial charge in [0.15, 0.2) is 6.54 Å². The third-order valence-corrected chi connectivity index (χ3v) is 14.8. The number of allylic oxidation sites excluding steroid dienone is 8. The Morgan fingerprint density at radius 2 is 1.46 bits per heavy atom. The molecule has 2 aliphatic carbocycles. The minimum absolute atomic E-state index is 0.199. The zero-order valence-electron chi connectivity index (χ0n) is 32.7. The molecule has 2 aliphatic heterocycles. The van der Waals surface area contributed by atoms with Crippen LogP contribution in [0.25, 0.3) is 0 Å². The summed E-state index contributed by atoms with van der Waals surface area (Å²) in [7, 11) is -14.4. The zero-order chi connectivity index (χ0) is 43.8. The molecule has 3 atom stereocenters. The van der Waals surface area contributed by atoms with Crippen molar-refractivity contribution < 1.29 is 63.3 Å². The Hall–Kier alpha value is -3.99. The van der Waals surface area contributed by atoms with Gasteiger partial charge in [0.05, 0.1) is 42.7 Å². The molecule has 0 saturated heterocycles. The van der Waals surface area contributed by atoms with Crippen molar-refractivity contribution in [3.8, 4) is 0 Å². The highest BCUT2D eigenvalue weighted by atomic mass is 32.2. The summed E-state index contributed by atoms with van der Waals surface area (Å²) in [4.78, 5) is 1.83. The summed E-state index contributed by atoms with van der Waals surface area (Å²) in [6, 6.07) is 19.0. The monoisotopic (exact) mass is 911 g/mol. The van der Waals surface area contributed by atoms with Gasteiger partial charge in [-0.1, -0.05) is 80.0 Å². The van der Waals surface area contributed by atoms with E-state index in [1.165, 1.54) is 18.2 Å². The molecule has 1 spiro atoms. The van der Waals surface area contributed by atoms with Crippen LogP contribution in [0.15, 0.2) is 124 Å². The fraction of sp³-hybridized carbons (Fsp3) is 0.357. The maximum absolute atomic E-state index is 12.1. The predicted octanol–water partition coefficient (Wildman–Crippen LogP) is 3.53. The first kappa shape index (κ1) is 45.0. The number of β-amino-alcohol motifs (C(OH)–C–C–N with tert-alkyl or cyclic N) is 2. The number of aliphatic hydroxyl groups excluding tert-OH is 2. The molecule has 326 valence electrons. The lowest BCUT2D eigenvalue weighted by molar-refractivity contribution is -0.630. The van der Waals surface area contributed by atoms with Crippen molar-refractivity contribution in [3.63, 3.8) is 0 Å². The third kappa shape index (κ3) is 9.38. The van der Waals surface area contributed by atoms with Gasteiger partial charge in [-0.3, -0.25) is 0 Å². The van der Waals surface area contributed by atoms with Crippen LogP contribution in [-0.2, 0) is 45.5 Å². The number of hydrogen-bond acceptors (Lipinski definition) is 15. The van der Waals surface area contributed by atoms with Crippen LogP contribution in [0.3, 0.4) is 0 Å². The normalized spacial score (nSPS) is 22.5. The van der Waals surface area contributed by atoms with Gasteiger partial charge in [0, 0.05) is 57.5 Å². The molecule has 0 amide bonds. The largest absolute Gasteiger partial charge is 0.748 e. The van der Waals surface area contributed by atoms with E-state index in [2.05, 4.69) is 4.33 Å². The van der Waals surface area contributed by atoms with Gasteiger partial charge in [0.1, 0.15) is 21.6 Å². The van der Waals surface area contributed by atoms with Gasteiger partial charge in [0.2, 0.25) is 11.4 Å². The second-order valence-corrected chi connectivity index (χ2v) is 20.8. The molecule has 0 bridgehead atoms. The quantitative estimate of drug-likeness (QED) is 0.0553. The molecule has 3 unspecified atom stereocenters. The Bertz CT molecular complexity index is 2670. The summed E-state index contributed by atoms with van der Waals surface area (Å²) in [6.07, 6.45) is 12.6. The molecule has 2 fully saturated rings. The van der Waals surface area contributed by atoms with Crippen molar-refractivity contribution in [2.45, 2.75) is 77.8 Å². The molecule has 2 N–H and O–H groups in total. The van der Waals surface area contributed by atoms with E-state index in [0.29, 0.717) is 65.3 Å². The van der Waals surface area contributed by atoms with E-state index in [0.717, 1.165) is 41.7 Å². The molecule has 0 aromatic heterocycles. The van der Waals surface area contributed by atoms with E-state index >= 15 is 0 Å². The van der Waals surface area contributed by atoms with E-state index in [1.54, 1.807) is 41.3 Å². The summed E-state index contributed by atoms with van der Waals surface area (Å²) in [6.45, 7) is -0.475. The molecule has 0 radical (unpaired) electrons. The molecular formula is C42H43N2O13S4-3. The third-order valence-electron chi connectivity index (χ3n) is 11.9. The van der Waals surface area contributed by atoms with Crippen molar-refractivity contribution in [3.05, 3.63) is 131 Å². The molecule has 3 aromatic rings. The molecule has 3 aromatic carbocycles. The average molecular weight is 912 g/mol. The Morgan fingerprint density at radius 1 is 0.787 bits per heavy atom. The lowest BCUT2D eigenvalue weighted by Crippen LogP contribution is -2.38. The van der Waals surface area contributed by atoms with Gasteiger partial charge >= 0.3 is 0 Å². The highest BCUT2D eigenvalue weighted by Gasteiger charge is 2.58. The van der Waals surface area contributed by atoms with E-state index in [4.69, 9.17) is 0 Å². The van der Waals surface area contributed by atoms with Crippen LogP contribution < -0.4 is 10.2 Å². The van der Waals surface area contributed by atoms with Crippen molar-refractivity contribution in [2.24, 2.45) is 0 Å². The van der Waals surface area contributed by atoms with Crippen LogP contribution in [0.2, 0.25) is 0 Å². The van der Waals surface area contributed by atoms with Crippen molar-refractivity contribution in [1.29, 1.82) is 0 Å². The van der Waals surface area contributed by atoms with Crippen LogP contribution in [0, 0.1) is 0 Å². The van der Waals surface area contributed by atoms with Crippen LogP contribution >= 0.6 is 12.0 Å². The highest BCUT2D eigenvalue weighted by Crippen LogP contribution is 2.57. The summed E-state index contributed by atoms with van der Waals surface area (Å²) < 4.78 is 112. The van der Waals surface area contributed by atoms with Crippen molar-refractivity contribution in [2.75, 3.05) is 29.5 Å². The molecule has 15 nitrogen and oxygen atoms in total.